The predicted molar refractivity (Wildman–Crippen MR) is 103 cm³/mol. The zero-order chi connectivity index (χ0) is 19.4. The number of rotatable bonds is 6. The summed E-state index contributed by atoms with van der Waals surface area (Å²) in [5.74, 6) is -0.365. The Labute approximate surface area is 158 Å². The smallest absolute Gasteiger partial charge is 0.282 e. The van der Waals surface area contributed by atoms with Crippen LogP contribution in [0.25, 0.3) is 0 Å². The first kappa shape index (κ1) is 19.9. The first-order chi connectivity index (χ1) is 12.2. The molecule has 0 bridgehead atoms. The van der Waals surface area contributed by atoms with Gasteiger partial charge in [0, 0.05) is 7.05 Å². The van der Waals surface area contributed by atoms with Gasteiger partial charge in [0.2, 0.25) is 0 Å². The molecule has 2 atom stereocenters. The Hall–Kier alpha value is -2.38. The summed E-state index contributed by atoms with van der Waals surface area (Å²) in [4.78, 5) is 25.5. The number of nitrogens with zero attached hydrogens (tertiary/aromatic N) is 2. The molecule has 3 N–H and O–H groups in total. The highest BCUT2D eigenvalue weighted by atomic mass is 35.5. The molecule has 26 heavy (non-hydrogen) atoms. The quantitative estimate of drug-likeness (QED) is 0.706. The second kappa shape index (κ2) is 8.33. The number of hydrogen-bond acceptors (Lipinski definition) is 3. The molecule has 2 amide bonds. The van der Waals surface area contributed by atoms with Crippen molar-refractivity contribution in [3.63, 3.8) is 0 Å². The largest absolute Gasteiger partial charge is 0.320 e. The summed E-state index contributed by atoms with van der Waals surface area (Å²) in [6.07, 6.45) is 0. The third kappa shape index (κ3) is 4.62. The number of halogens is 1. The van der Waals surface area contributed by atoms with E-state index in [0.29, 0.717) is 10.7 Å². The number of anilines is 2. The van der Waals surface area contributed by atoms with Gasteiger partial charge in [0.25, 0.3) is 11.8 Å². The SMILES string of the molecule is Cc1nn(C)c(C)c1NC(=O)[C@H](C)[NH+](C)CC(=O)Nc1ccccc1Cl. The van der Waals surface area contributed by atoms with Crippen molar-refractivity contribution in [2.45, 2.75) is 26.8 Å². The van der Waals surface area contributed by atoms with Gasteiger partial charge in [-0.3, -0.25) is 14.3 Å². The molecule has 0 aliphatic rings. The maximum atomic E-state index is 12.5. The van der Waals surface area contributed by atoms with Crippen molar-refractivity contribution in [1.82, 2.24) is 9.78 Å². The van der Waals surface area contributed by atoms with Gasteiger partial charge >= 0.3 is 0 Å². The van der Waals surface area contributed by atoms with Gasteiger partial charge < -0.3 is 15.5 Å². The van der Waals surface area contributed by atoms with Crippen molar-refractivity contribution in [3.8, 4) is 0 Å². The van der Waals surface area contributed by atoms with Crippen molar-refractivity contribution in [2.24, 2.45) is 7.05 Å². The van der Waals surface area contributed by atoms with Gasteiger partial charge in [0.1, 0.15) is 0 Å². The van der Waals surface area contributed by atoms with E-state index in [-0.39, 0.29) is 18.4 Å². The molecule has 140 valence electrons. The molecule has 1 aromatic carbocycles. The molecule has 7 nitrogen and oxygen atoms in total. The lowest BCUT2D eigenvalue weighted by Crippen LogP contribution is -3.14. The Bertz CT molecular complexity index is 818. The number of para-hydroxylation sites is 1. The molecule has 0 spiro atoms. The van der Waals surface area contributed by atoms with Crippen LogP contribution in [0.2, 0.25) is 5.02 Å². The van der Waals surface area contributed by atoms with E-state index < -0.39 is 6.04 Å². The standard InChI is InChI=1S/C18H24ClN5O2/c1-11-17(12(2)24(5)22-11)21-18(26)13(3)23(4)10-16(25)20-15-9-7-6-8-14(15)19/h6-9,13H,10H2,1-5H3,(H,20,25)(H,21,26)/p+1/t13-/m0/s1. The maximum absolute atomic E-state index is 12.5. The zero-order valence-corrected chi connectivity index (χ0v) is 16.4. The van der Waals surface area contributed by atoms with Gasteiger partial charge in [0.05, 0.1) is 34.8 Å². The van der Waals surface area contributed by atoms with Gasteiger partial charge in [-0.2, -0.15) is 5.10 Å². The first-order valence-electron chi connectivity index (χ1n) is 8.38. The Kier molecular flexibility index (Phi) is 6.39. The molecule has 1 unspecified atom stereocenters. The number of carbonyl (C=O) groups excluding carboxylic acids is 2. The molecule has 0 aliphatic heterocycles. The number of nitrogens with one attached hydrogen (secondary N) is 3. The molecule has 0 aliphatic carbocycles. The Morgan fingerprint density at radius 1 is 1.27 bits per heavy atom. The van der Waals surface area contributed by atoms with Crippen LogP contribution in [0.3, 0.4) is 0 Å². The highest BCUT2D eigenvalue weighted by Gasteiger charge is 2.25. The molecule has 8 heteroatoms. The van der Waals surface area contributed by atoms with Gasteiger partial charge in [-0.05, 0) is 32.9 Å². The van der Waals surface area contributed by atoms with Crippen LogP contribution in [0.4, 0.5) is 11.4 Å². The van der Waals surface area contributed by atoms with Crippen LogP contribution in [0.1, 0.15) is 18.3 Å². The molecule has 0 saturated carbocycles. The monoisotopic (exact) mass is 378 g/mol. The zero-order valence-electron chi connectivity index (χ0n) is 15.7. The number of likely N-dealkylation sites (N-methyl/N-ethyl adjacent to an activating group) is 1. The molecule has 0 fully saturated rings. The van der Waals surface area contributed by atoms with Gasteiger partial charge in [-0.1, -0.05) is 23.7 Å². The lowest BCUT2D eigenvalue weighted by Gasteiger charge is -2.21. The summed E-state index contributed by atoms with van der Waals surface area (Å²) in [5.41, 5.74) is 2.93. The van der Waals surface area contributed by atoms with Crippen LogP contribution >= 0.6 is 11.6 Å². The summed E-state index contributed by atoms with van der Waals surface area (Å²) in [5, 5.41) is 10.5. The number of aryl methyl sites for hydroxylation is 2. The van der Waals surface area contributed by atoms with E-state index in [0.717, 1.165) is 22.0 Å². The highest BCUT2D eigenvalue weighted by molar-refractivity contribution is 6.33. The second-order valence-electron chi connectivity index (χ2n) is 6.43. The van der Waals surface area contributed by atoms with Crippen LogP contribution in [0, 0.1) is 13.8 Å². The van der Waals surface area contributed by atoms with Crippen LogP contribution in [0.5, 0.6) is 0 Å². The Balaban J connectivity index is 1.95. The van der Waals surface area contributed by atoms with E-state index in [1.807, 2.05) is 20.9 Å². The fraction of sp³-hybridized carbons (Fsp3) is 0.389. The molecular weight excluding hydrogens is 354 g/mol. The molecular formula is C18H25ClN5O2+. The van der Waals surface area contributed by atoms with Gasteiger partial charge in [-0.25, -0.2) is 0 Å². The average molecular weight is 379 g/mol. The molecule has 0 saturated heterocycles. The molecule has 1 heterocycles. The van der Waals surface area contributed by atoms with E-state index >= 15 is 0 Å². The summed E-state index contributed by atoms with van der Waals surface area (Å²) in [7, 11) is 3.64. The minimum atomic E-state index is -0.411. The van der Waals surface area contributed by atoms with E-state index in [1.165, 1.54) is 0 Å². The normalized spacial score (nSPS) is 13.2. The van der Waals surface area contributed by atoms with Crippen molar-refractivity contribution in [3.05, 3.63) is 40.7 Å². The number of carbonyl (C=O) groups is 2. The number of benzene rings is 1. The van der Waals surface area contributed by atoms with Crippen molar-refractivity contribution in [1.29, 1.82) is 0 Å². The van der Waals surface area contributed by atoms with Crippen molar-refractivity contribution >= 4 is 34.8 Å². The van der Waals surface area contributed by atoms with E-state index in [4.69, 9.17) is 11.6 Å². The van der Waals surface area contributed by atoms with E-state index in [1.54, 1.807) is 42.9 Å². The number of amides is 2. The number of hydrogen-bond donors (Lipinski definition) is 3. The predicted octanol–water partition coefficient (Wildman–Crippen LogP) is 1.17. The minimum absolute atomic E-state index is 0.144. The molecule has 1 aromatic heterocycles. The summed E-state index contributed by atoms with van der Waals surface area (Å²) >= 11 is 6.05. The second-order valence-corrected chi connectivity index (χ2v) is 6.84. The van der Waals surface area contributed by atoms with Crippen LogP contribution in [0.15, 0.2) is 24.3 Å². The maximum Gasteiger partial charge on any atom is 0.282 e. The minimum Gasteiger partial charge on any atom is -0.320 e. The van der Waals surface area contributed by atoms with E-state index in [9.17, 15) is 9.59 Å². The van der Waals surface area contributed by atoms with Gasteiger partial charge in [0.15, 0.2) is 12.6 Å². The van der Waals surface area contributed by atoms with E-state index in [2.05, 4.69) is 15.7 Å². The third-order valence-corrected chi connectivity index (χ3v) is 4.81. The topological polar surface area (TPSA) is 80.5 Å². The Morgan fingerprint density at radius 2 is 1.92 bits per heavy atom. The molecule has 2 aromatic rings. The summed E-state index contributed by atoms with van der Waals surface area (Å²) in [6.45, 7) is 5.67. The highest BCUT2D eigenvalue weighted by Crippen LogP contribution is 2.20. The molecule has 0 radical (unpaired) electrons. The van der Waals surface area contributed by atoms with Crippen molar-refractivity contribution in [2.75, 3.05) is 24.2 Å². The van der Waals surface area contributed by atoms with Gasteiger partial charge in [-0.15, -0.1) is 0 Å². The molecule has 2 rings (SSSR count). The summed E-state index contributed by atoms with van der Waals surface area (Å²) in [6, 6.07) is 6.63. The van der Waals surface area contributed by atoms with Crippen molar-refractivity contribution < 1.29 is 14.5 Å². The Morgan fingerprint density at radius 3 is 2.50 bits per heavy atom. The first-order valence-corrected chi connectivity index (χ1v) is 8.76. The third-order valence-electron chi connectivity index (χ3n) is 4.48. The lowest BCUT2D eigenvalue weighted by atomic mass is 10.2. The number of aromatic nitrogens is 2. The fourth-order valence-corrected chi connectivity index (χ4v) is 2.76. The van der Waals surface area contributed by atoms with Crippen LogP contribution < -0.4 is 15.5 Å². The lowest BCUT2D eigenvalue weighted by molar-refractivity contribution is -0.885. The fourth-order valence-electron chi connectivity index (χ4n) is 2.57. The van der Waals surface area contributed by atoms with Crippen LogP contribution in [-0.4, -0.2) is 41.2 Å². The van der Waals surface area contributed by atoms with Crippen LogP contribution in [-0.2, 0) is 16.6 Å². The average Bonchev–Trinajstić information content (AvgIpc) is 2.82. The number of quaternary nitrogens is 1. The summed E-state index contributed by atoms with van der Waals surface area (Å²) < 4.78 is 1.73.